The molecule has 34 heavy (non-hydrogen) atoms. The Morgan fingerprint density at radius 2 is 1.76 bits per heavy atom. The third kappa shape index (κ3) is 4.43. The van der Waals surface area contributed by atoms with Crippen LogP contribution in [0.3, 0.4) is 0 Å². The number of H-pyrrole nitrogens is 1. The molecule has 0 unspecified atom stereocenters. The average molecular weight is 482 g/mol. The van der Waals surface area contributed by atoms with Crippen molar-refractivity contribution < 1.29 is 16.1 Å². The molecule has 3 heterocycles. The van der Waals surface area contributed by atoms with Crippen molar-refractivity contribution >= 4 is 32.7 Å². The molecule has 0 fully saturated rings. The number of pyridine rings is 1. The van der Waals surface area contributed by atoms with Crippen molar-refractivity contribution in [2.45, 2.75) is 44.8 Å². The highest BCUT2D eigenvalue weighted by Gasteiger charge is 2.24. The summed E-state index contributed by atoms with van der Waals surface area (Å²) in [6.07, 6.45) is 5.05. The van der Waals surface area contributed by atoms with Crippen LogP contribution in [0, 0.1) is 5.41 Å². The summed E-state index contributed by atoms with van der Waals surface area (Å²) < 4.78 is 24.8. The molecule has 9 heteroatoms. The van der Waals surface area contributed by atoms with Gasteiger partial charge >= 0.3 is 0 Å². The quantitative estimate of drug-likeness (QED) is 0.397. The minimum atomic E-state index is -3.35. The van der Waals surface area contributed by atoms with Crippen molar-refractivity contribution in [1.29, 1.82) is 0 Å². The fraction of sp³-hybridized carbons (Fsp3) is 0.280. The van der Waals surface area contributed by atoms with E-state index in [1.165, 1.54) is 0 Å². The maximum absolute atomic E-state index is 12.6. The smallest absolute Gasteiger partial charge is 0.230 e. The van der Waals surface area contributed by atoms with Crippen LogP contribution in [0.15, 0.2) is 59.9 Å². The lowest BCUT2D eigenvalue weighted by molar-refractivity contribution is -0.123. The molecule has 0 aliphatic rings. The molecule has 1 amide bonds. The van der Waals surface area contributed by atoms with E-state index in [4.69, 9.17) is 4.98 Å². The molecule has 0 radical (unpaired) electrons. The molecule has 8 nitrogen and oxygen atoms in total. The monoisotopic (exact) mass is 481 g/mol. The summed E-state index contributed by atoms with van der Waals surface area (Å²) in [6.45, 7) is 8.84. The zero-order valence-electron chi connectivity index (χ0n) is 19.7. The molecule has 2 N–H and O–H groups in total. The van der Waals surface area contributed by atoms with Crippen LogP contribution in [0.4, 0.5) is 5.82 Å². The highest BCUT2D eigenvalue weighted by atomic mass is 32.2. The molecule has 0 spiro atoms. The van der Waals surface area contributed by atoms with E-state index in [0.717, 1.165) is 16.7 Å². The summed E-state index contributed by atoms with van der Waals surface area (Å²) in [5.41, 5.74) is 3.46. The Labute approximate surface area is 201 Å². The minimum Gasteiger partial charge on any atom is -0.344 e. The maximum Gasteiger partial charge on any atom is 0.230 e. The Bertz CT molecular complexity index is 1480. The largest absolute Gasteiger partial charge is 0.344 e. The summed E-state index contributed by atoms with van der Waals surface area (Å²) in [6, 6.07) is 10.3. The van der Waals surface area contributed by atoms with Crippen molar-refractivity contribution in [2.24, 2.45) is 5.41 Å². The Morgan fingerprint density at radius 3 is 2.41 bits per heavy atom. The highest BCUT2D eigenvalue weighted by molar-refractivity contribution is 7.92. The molecule has 0 saturated heterocycles. The van der Waals surface area contributed by atoms with Crippen LogP contribution in [0.5, 0.6) is 0 Å². The van der Waals surface area contributed by atoms with Gasteiger partial charge < -0.3 is 10.3 Å². The number of sulfone groups is 1. The van der Waals surface area contributed by atoms with Gasteiger partial charge in [-0.05, 0) is 38.1 Å². The number of aromatic amines is 1. The third-order valence-corrected chi connectivity index (χ3v) is 7.66. The molecule has 0 aliphatic carbocycles. The van der Waals surface area contributed by atoms with Crippen molar-refractivity contribution in [3.8, 4) is 22.4 Å². The van der Waals surface area contributed by atoms with E-state index in [0.29, 0.717) is 22.7 Å². The van der Waals surface area contributed by atoms with Gasteiger partial charge in [-0.25, -0.2) is 23.4 Å². The SMILES string of the molecule is CC(C)S(=O)(=O)c1ccc(-c2cnc3[nH]cc(-c4cccnc4NC(=O)C(C)(C)C)c3n2)cc1.[HH].[HH]. The van der Waals surface area contributed by atoms with Gasteiger partial charge in [-0.2, -0.15) is 0 Å². The second-order valence-electron chi connectivity index (χ2n) is 9.38. The van der Waals surface area contributed by atoms with Gasteiger partial charge in [-0.15, -0.1) is 0 Å². The standard InChI is InChI=1S/C25H27N5O3S.2H2/c1-15(2)34(32,33)17-10-8-16(9-11-17)20-14-28-23-21(29-20)19(13-27-23)18-7-6-12-26-22(18)30-24(31)25(3,4)5;;/h6-15H,1-5H3,(H,27,28)(H,26,30,31);2*1H. The summed E-state index contributed by atoms with van der Waals surface area (Å²) in [5, 5.41) is 2.41. The van der Waals surface area contributed by atoms with Crippen molar-refractivity contribution in [1.82, 2.24) is 19.9 Å². The molecule has 1 aromatic carbocycles. The predicted molar refractivity (Wildman–Crippen MR) is 137 cm³/mol. The zero-order chi connectivity index (χ0) is 24.7. The first-order valence-electron chi connectivity index (χ1n) is 10.9. The Hall–Kier alpha value is -3.59. The molecule has 4 rings (SSSR count). The number of carbonyl (C=O) groups is 1. The lowest BCUT2D eigenvalue weighted by Crippen LogP contribution is -2.28. The Kier molecular flexibility index (Phi) is 5.99. The first-order valence-corrected chi connectivity index (χ1v) is 12.5. The van der Waals surface area contributed by atoms with Gasteiger partial charge in [0.25, 0.3) is 0 Å². The van der Waals surface area contributed by atoms with E-state index in [1.54, 1.807) is 62.8 Å². The number of aromatic nitrogens is 4. The lowest BCUT2D eigenvalue weighted by atomic mass is 9.95. The first kappa shape index (κ1) is 23.6. The number of nitrogens with one attached hydrogen (secondary N) is 2. The summed E-state index contributed by atoms with van der Waals surface area (Å²) in [5.74, 6) is 0.300. The number of anilines is 1. The fourth-order valence-electron chi connectivity index (χ4n) is 3.34. The number of carbonyl (C=O) groups excluding carboxylic acids is 1. The van der Waals surface area contributed by atoms with Crippen LogP contribution in [-0.2, 0) is 14.6 Å². The highest BCUT2D eigenvalue weighted by Crippen LogP contribution is 2.33. The molecule has 4 aromatic rings. The number of hydrogen-bond donors (Lipinski definition) is 2. The maximum atomic E-state index is 12.6. The van der Waals surface area contributed by atoms with Gasteiger partial charge in [0.2, 0.25) is 5.91 Å². The molecular formula is C25H31N5O3S. The van der Waals surface area contributed by atoms with Gasteiger partial charge in [0.1, 0.15) is 11.3 Å². The van der Waals surface area contributed by atoms with Crippen molar-refractivity contribution in [3.63, 3.8) is 0 Å². The summed E-state index contributed by atoms with van der Waals surface area (Å²) in [7, 11) is -3.35. The Balaban J connectivity index is 0.00000228. The van der Waals surface area contributed by atoms with Crippen LogP contribution in [0.2, 0.25) is 0 Å². The van der Waals surface area contributed by atoms with E-state index < -0.39 is 20.5 Å². The number of hydrogen-bond acceptors (Lipinski definition) is 6. The molecule has 3 aromatic heterocycles. The molecule has 180 valence electrons. The van der Waals surface area contributed by atoms with Crippen molar-refractivity contribution in [3.05, 3.63) is 55.0 Å². The minimum absolute atomic E-state index is 0. The van der Waals surface area contributed by atoms with Crippen LogP contribution in [0.25, 0.3) is 33.5 Å². The van der Waals surface area contributed by atoms with Gasteiger partial charge in [-0.1, -0.05) is 32.9 Å². The van der Waals surface area contributed by atoms with E-state index in [-0.39, 0.29) is 13.7 Å². The van der Waals surface area contributed by atoms with E-state index >= 15 is 0 Å². The molecule has 0 aliphatic heterocycles. The van der Waals surface area contributed by atoms with E-state index in [2.05, 4.69) is 20.3 Å². The number of rotatable bonds is 5. The zero-order valence-corrected chi connectivity index (χ0v) is 20.6. The van der Waals surface area contributed by atoms with Crippen LogP contribution >= 0.6 is 0 Å². The van der Waals surface area contributed by atoms with Crippen molar-refractivity contribution in [2.75, 3.05) is 5.32 Å². The third-order valence-electron chi connectivity index (χ3n) is 5.49. The van der Waals surface area contributed by atoms with Gasteiger partial charge in [0.15, 0.2) is 15.5 Å². The average Bonchev–Trinajstić information content (AvgIpc) is 3.22. The molecule has 0 saturated carbocycles. The van der Waals surface area contributed by atoms with Gasteiger partial charge in [-0.3, -0.25) is 4.79 Å². The second-order valence-corrected chi connectivity index (χ2v) is 11.9. The van der Waals surface area contributed by atoms with Crippen LogP contribution in [-0.4, -0.2) is 39.5 Å². The molecule has 0 bridgehead atoms. The van der Waals surface area contributed by atoms with Crippen LogP contribution in [0.1, 0.15) is 37.5 Å². The number of nitrogens with zero attached hydrogens (tertiary/aromatic N) is 3. The Morgan fingerprint density at radius 1 is 1.06 bits per heavy atom. The molecule has 0 atom stereocenters. The number of fused-ring (bicyclic) bond motifs is 1. The van der Waals surface area contributed by atoms with E-state index in [9.17, 15) is 13.2 Å². The second kappa shape index (κ2) is 8.64. The first-order chi connectivity index (χ1) is 16.0. The predicted octanol–water partition coefficient (Wildman–Crippen LogP) is 5.35. The summed E-state index contributed by atoms with van der Waals surface area (Å²) in [4.78, 5) is 29.6. The fourth-order valence-corrected chi connectivity index (χ4v) is 4.40. The summed E-state index contributed by atoms with van der Waals surface area (Å²) >= 11 is 0. The van der Waals surface area contributed by atoms with Gasteiger partial charge in [0, 0.05) is 37.4 Å². The molecular weight excluding hydrogens is 450 g/mol. The normalized spacial score (nSPS) is 12.3. The lowest BCUT2D eigenvalue weighted by Gasteiger charge is -2.18. The van der Waals surface area contributed by atoms with E-state index in [1.807, 2.05) is 26.8 Å². The number of benzene rings is 1. The number of amides is 1. The topological polar surface area (TPSA) is 118 Å². The van der Waals surface area contributed by atoms with Gasteiger partial charge in [0.05, 0.1) is 22.0 Å². The van der Waals surface area contributed by atoms with Crippen LogP contribution < -0.4 is 5.32 Å².